The highest BCUT2D eigenvalue weighted by Gasteiger charge is 2.50. The summed E-state index contributed by atoms with van der Waals surface area (Å²) in [5.41, 5.74) is 5.51. The molecule has 0 aromatic heterocycles. The molecule has 0 spiro atoms. The van der Waals surface area contributed by atoms with Crippen LogP contribution < -0.4 is 5.73 Å². The van der Waals surface area contributed by atoms with E-state index in [-0.39, 0.29) is 0 Å². The van der Waals surface area contributed by atoms with E-state index in [2.05, 4.69) is 23.8 Å². The lowest BCUT2D eigenvalue weighted by Gasteiger charge is -2.52. The molecule has 0 bridgehead atoms. The van der Waals surface area contributed by atoms with E-state index in [9.17, 15) is 5.11 Å². The van der Waals surface area contributed by atoms with Gasteiger partial charge in [0.05, 0.1) is 11.1 Å². The van der Waals surface area contributed by atoms with E-state index in [1.807, 2.05) is 0 Å². The van der Waals surface area contributed by atoms with E-state index in [0.717, 1.165) is 58.4 Å². The van der Waals surface area contributed by atoms with E-state index in [1.54, 1.807) is 0 Å². The molecule has 17 heavy (non-hydrogen) atoms. The molecule has 2 rings (SSSR count). The fourth-order valence-electron chi connectivity index (χ4n) is 3.31. The maximum absolute atomic E-state index is 10.9. The molecular formula is C13H27N3O. The highest BCUT2D eigenvalue weighted by molar-refractivity contribution is 5.08. The predicted molar refractivity (Wildman–Crippen MR) is 69.9 cm³/mol. The predicted octanol–water partition coefficient (Wildman–Crippen LogP) is 0.256. The quantitative estimate of drug-likeness (QED) is 0.728. The molecule has 2 heterocycles. The number of rotatable bonds is 2. The molecule has 2 saturated heterocycles. The van der Waals surface area contributed by atoms with Gasteiger partial charge >= 0.3 is 0 Å². The minimum atomic E-state index is -0.659. The topological polar surface area (TPSA) is 52.7 Å². The van der Waals surface area contributed by atoms with Crippen LogP contribution in [0.25, 0.3) is 0 Å². The van der Waals surface area contributed by atoms with Gasteiger partial charge in [-0.2, -0.15) is 0 Å². The van der Waals surface area contributed by atoms with Gasteiger partial charge in [0.15, 0.2) is 0 Å². The summed E-state index contributed by atoms with van der Waals surface area (Å²) >= 11 is 0. The van der Waals surface area contributed by atoms with Gasteiger partial charge in [0.2, 0.25) is 0 Å². The third-order valence-corrected chi connectivity index (χ3v) is 4.79. The van der Waals surface area contributed by atoms with Crippen LogP contribution in [0.4, 0.5) is 0 Å². The zero-order valence-corrected chi connectivity index (χ0v) is 11.3. The van der Waals surface area contributed by atoms with Gasteiger partial charge in [-0.15, -0.1) is 0 Å². The Labute approximate surface area is 105 Å². The molecule has 2 aliphatic heterocycles. The molecule has 0 radical (unpaired) electrons. The first-order valence-corrected chi connectivity index (χ1v) is 6.91. The van der Waals surface area contributed by atoms with Crippen molar-refractivity contribution in [3.63, 3.8) is 0 Å². The molecule has 4 nitrogen and oxygen atoms in total. The average Bonchev–Trinajstić information content (AvgIpc) is 2.33. The van der Waals surface area contributed by atoms with Crippen molar-refractivity contribution in [3.8, 4) is 0 Å². The Balaban J connectivity index is 2.08. The average molecular weight is 241 g/mol. The zero-order chi connectivity index (χ0) is 12.5. The van der Waals surface area contributed by atoms with Crippen LogP contribution in [0.3, 0.4) is 0 Å². The summed E-state index contributed by atoms with van der Waals surface area (Å²) in [7, 11) is 2.11. The Kier molecular flexibility index (Phi) is 3.78. The van der Waals surface area contributed by atoms with Gasteiger partial charge in [-0.3, -0.25) is 0 Å². The van der Waals surface area contributed by atoms with Gasteiger partial charge in [-0.25, -0.2) is 0 Å². The van der Waals surface area contributed by atoms with Gasteiger partial charge in [0, 0.05) is 19.6 Å². The Hall–Kier alpha value is -0.160. The summed E-state index contributed by atoms with van der Waals surface area (Å²) < 4.78 is 0. The maximum Gasteiger partial charge on any atom is 0.0863 e. The van der Waals surface area contributed by atoms with Crippen molar-refractivity contribution >= 4 is 0 Å². The van der Waals surface area contributed by atoms with Crippen LogP contribution in [0.15, 0.2) is 0 Å². The third-order valence-electron chi connectivity index (χ3n) is 4.79. The largest absolute Gasteiger partial charge is 0.388 e. The van der Waals surface area contributed by atoms with Gasteiger partial charge in [0.1, 0.15) is 0 Å². The van der Waals surface area contributed by atoms with Gasteiger partial charge < -0.3 is 20.6 Å². The molecule has 1 unspecified atom stereocenters. The van der Waals surface area contributed by atoms with Crippen LogP contribution in [-0.2, 0) is 0 Å². The first-order valence-electron chi connectivity index (χ1n) is 6.91. The van der Waals surface area contributed by atoms with Crippen molar-refractivity contribution in [3.05, 3.63) is 0 Å². The smallest absolute Gasteiger partial charge is 0.0863 e. The Bertz CT molecular complexity index is 263. The van der Waals surface area contributed by atoms with E-state index in [1.165, 1.54) is 0 Å². The number of nitrogens with two attached hydrogens (primary N) is 1. The van der Waals surface area contributed by atoms with Crippen molar-refractivity contribution in [1.29, 1.82) is 0 Å². The first kappa shape index (κ1) is 13.3. The number of likely N-dealkylation sites (tertiary alicyclic amines) is 2. The maximum atomic E-state index is 10.9. The van der Waals surface area contributed by atoms with Crippen molar-refractivity contribution in [2.45, 2.75) is 43.7 Å². The van der Waals surface area contributed by atoms with Crippen LogP contribution in [0.1, 0.15) is 32.6 Å². The van der Waals surface area contributed by atoms with E-state index < -0.39 is 11.1 Å². The van der Waals surface area contributed by atoms with Crippen LogP contribution in [0, 0.1) is 0 Å². The number of piperidine rings is 2. The fraction of sp³-hybridized carbons (Fsp3) is 1.00. The Morgan fingerprint density at radius 2 is 1.82 bits per heavy atom. The molecule has 0 saturated carbocycles. The van der Waals surface area contributed by atoms with Crippen molar-refractivity contribution in [1.82, 2.24) is 9.80 Å². The van der Waals surface area contributed by atoms with E-state index >= 15 is 0 Å². The molecule has 0 aromatic rings. The van der Waals surface area contributed by atoms with E-state index in [0.29, 0.717) is 0 Å². The molecule has 0 aromatic carbocycles. The standard InChI is InChI=1S/C13H27N3O/c1-3-16-8-4-5-12(14,11-16)13(17)6-9-15(2)10-7-13/h17H,3-11,14H2,1-2H3. The zero-order valence-electron chi connectivity index (χ0n) is 11.3. The lowest BCUT2D eigenvalue weighted by Crippen LogP contribution is -2.69. The summed E-state index contributed by atoms with van der Waals surface area (Å²) in [4.78, 5) is 4.65. The summed E-state index contributed by atoms with van der Waals surface area (Å²) in [6.07, 6.45) is 3.71. The molecule has 3 N–H and O–H groups in total. The molecule has 1 atom stereocenters. The second-order valence-corrected chi connectivity index (χ2v) is 5.96. The summed E-state index contributed by atoms with van der Waals surface area (Å²) in [6, 6.07) is 0. The second kappa shape index (κ2) is 4.84. The molecule has 0 aliphatic carbocycles. The number of hydrogen-bond donors (Lipinski definition) is 2. The Morgan fingerprint density at radius 1 is 1.18 bits per heavy atom. The fourth-order valence-corrected chi connectivity index (χ4v) is 3.31. The second-order valence-electron chi connectivity index (χ2n) is 5.96. The SMILES string of the molecule is CCN1CCCC(N)(C2(O)CCN(C)CC2)C1. The molecule has 4 heteroatoms. The van der Waals surface area contributed by atoms with Crippen molar-refractivity contribution in [2.75, 3.05) is 39.8 Å². The van der Waals surface area contributed by atoms with Crippen LogP contribution in [-0.4, -0.2) is 65.8 Å². The monoisotopic (exact) mass is 241 g/mol. The van der Waals surface area contributed by atoms with Gasteiger partial charge in [-0.05, 0) is 45.8 Å². The molecule has 2 fully saturated rings. The van der Waals surface area contributed by atoms with Crippen molar-refractivity contribution < 1.29 is 5.11 Å². The van der Waals surface area contributed by atoms with Crippen LogP contribution in [0.5, 0.6) is 0 Å². The highest BCUT2D eigenvalue weighted by atomic mass is 16.3. The minimum Gasteiger partial charge on any atom is -0.388 e. The van der Waals surface area contributed by atoms with Crippen LogP contribution in [0.2, 0.25) is 0 Å². The third kappa shape index (κ3) is 2.50. The minimum absolute atomic E-state index is 0.400. The lowest BCUT2D eigenvalue weighted by atomic mass is 9.70. The molecular weight excluding hydrogens is 214 g/mol. The number of nitrogens with zero attached hydrogens (tertiary/aromatic N) is 2. The number of hydrogen-bond acceptors (Lipinski definition) is 4. The van der Waals surface area contributed by atoms with E-state index in [4.69, 9.17) is 5.73 Å². The van der Waals surface area contributed by atoms with Crippen molar-refractivity contribution in [2.24, 2.45) is 5.73 Å². The van der Waals surface area contributed by atoms with Gasteiger partial charge in [-0.1, -0.05) is 6.92 Å². The normalized spacial score (nSPS) is 36.0. The summed E-state index contributed by atoms with van der Waals surface area (Å²) in [6.45, 7) is 7.11. The first-order chi connectivity index (χ1) is 7.99. The highest BCUT2D eigenvalue weighted by Crippen LogP contribution is 2.36. The summed E-state index contributed by atoms with van der Waals surface area (Å²) in [5, 5.41) is 10.9. The number of aliphatic hydroxyl groups is 1. The Morgan fingerprint density at radius 3 is 2.41 bits per heavy atom. The lowest BCUT2D eigenvalue weighted by molar-refractivity contribution is -0.0983. The summed E-state index contributed by atoms with van der Waals surface area (Å²) in [5.74, 6) is 0. The molecule has 2 aliphatic rings. The number of likely N-dealkylation sites (N-methyl/N-ethyl adjacent to an activating group) is 1. The molecule has 100 valence electrons. The van der Waals surface area contributed by atoms with Gasteiger partial charge in [0.25, 0.3) is 0 Å². The van der Waals surface area contributed by atoms with Crippen LogP contribution >= 0.6 is 0 Å². The molecule has 0 amide bonds.